The summed E-state index contributed by atoms with van der Waals surface area (Å²) in [5.74, 6) is 1.50. The van der Waals surface area contributed by atoms with Gasteiger partial charge in [-0.05, 0) is 42.8 Å². The van der Waals surface area contributed by atoms with Crippen LogP contribution in [0.1, 0.15) is 28.4 Å². The van der Waals surface area contributed by atoms with Crippen LogP contribution in [-0.2, 0) is 4.79 Å². The van der Waals surface area contributed by atoms with E-state index in [-0.39, 0.29) is 11.5 Å². The van der Waals surface area contributed by atoms with Gasteiger partial charge in [0.15, 0.2) is 0 Å². The minimum absolute atomic E-state index is 0.211. The van der Waals surface area contributed by atoms with Crippen molar-refractivity contribution < 1.29 is 9.59 Å². The lowest BCUT2D eigenvalue weighted by Gasteiger charge is -2.18. The molecule has 1 aliphatic heterocycles. The summed E-state index contributed by atoms with van der Waals surface area (Å²) in [6, 6.07) is 15.3. The second kappa shape index (κ2) is 7.68. The maximum atomic E-state index is 13.0. The molecule has 30 heavy (non-hydrogen) atoms. The second-order valence-electron chi connectivity index (χ2n) is 6.84. The van der Waals surface area contributed by atoms with Crippen molar-refractivity contribution in [1.29, 1.82) is 0 Å². The number of nitrogens with zero attached hydrogens (tertiary/aromatic N) is 3. The van der Waals surface area contributed by atoms with E-state index in [1.165, 1.54) is 18.3 Å². The Balaban J connectivity index is 1.69. The Hall–Kier alpha value is -4.18. The molecule has 3 aromatic rings. The van der Waals surface area contributed by atoms with Gasteiger partial charge in [0.2, 0.25) is 5.91 Å². The average Bonchev–Trinajstić information content (AvgIpc) is 3.15. The number of amides is 1. The summed E-state index contributed by atoms with van der Waals surface area (Å²) in [4.78, 5) is 52.5. The van der Waals surface area contributed by atoms with Gasteiger partial charge in [-0.1, -0.05) is 24.1 Å². The number of aromatic nitrogens is 2. The molecule has 1 unspecified atom stereocenters. The van der Waals surface area contributed by atoms with Crippen LogP contribution in [0.3, 0.4) is 0 Å². The summed E-state index contributed by atoms with van der Waals surface area (Å²) in [5.41, 5.74) is 0.00633. The third-order valence-corrected chi connectivity index (χ3v) is 5.09. The van der Waals surface area contributed by atoms with Gasteiger partial charge >= 0.3 is 5.69 Å². The Morgan fingerprint density at radius 2 is 1.67 bits per heavy atom. The van der Waals surface area contributed by atoms with Crippen LogP contribution in [0.2, 0.25) is 0 Å². The summed E-state index contributed by atoms with van der Waals surface area (Å²) in [5, 5.41) is 0. The predicted molar refractivity (Wildman–Crippen MR) is 112 cm³/mol. The van der Waals surface area contributed by atoms with Crippen molar-refractivity contribution in [3.05, 3.63) is 98.8 Å². The van der Waals surface area contributed by atoms with Crippen LogP contribution in [0.25, 0.3) is 0 Å². The summed E-state index contributed by atoms with van der Waals surface area (Å²) in [6.45, 7) is 0.400. The number of carbonyl (C=O) groups excluding carboxylic acids is 2. The number of anilines is 1. The second-order valence-corrected chi connectivity index (χ2v) is 6.84. The van der Waals surface area contributed by atoms with E-state index < -0.39 is 23.2 Å². The molecule has 4 rings (SSSR count). The van der Waals surface area contributed by atoms with Crippen LogP contribution in [0.15, 0.2) is 76.4 Å². The van der Waals surface area contributed by atoms with E-state index in [1.54, 1.807) is 47.4 Å². The number of carbonyl (C=O) groups is 2. The molecule has 1 amide bonds. The van der Waals surface area contributed by atoms with Crippen LogP contribution in [-0.4, -0.2) is 27.5 Å². The summed E-state index contributed by atoms with van der Waals surface area (Å²) in [6.07, 6.45) is 7.00. The normalized spacial score (nSPS) is 15.8. The van der Waals surface area contributed by atoms with Gasteiger partial charge in [-0.25, -0.2) is 4.79 Å². The highest BCUT2D eigenvalue weighted by Crippen LogP contribution is 2.27. The van der Waals surface area contributed by atoms with Gasteiger partial charge in [0, 0.05) is 35.6 Å². The van der Waals surface area contributed by atoms with Crippen LogP contribution >= 0.6 is 0 Å². The van der Waals surface area contributed by atoms with E-state index in [1.807, 2.05) is 0 Å². The quantitative estimate of drug-likeness (QED) is 0.628. The molecule has 7 heteroatoms. The fourth-order valence-corrected chi connectivity index (χ4v) is 3.54. The Bertz CT molecular complexity index is 1280. The molecule has 0 aliphatic carbocycles. The highest BCUT2D eigenvalue weighted by Gasteiger charge is 2.35. The van der Waals surface area contributed by atoms with E-state index in [4.69, 9.17) is 6.42 Å². The Morgan fingerprint density at radius 1 is 0.967 bits per heavy atom. The standard InChI is InChI=1S/C23H17N3O4/c1-2-16-8-10-18(11-9-16)24-14-12-19(22(24)29)25-15-13-20(27)26(23(25)30)21(28)17-6-4-3-5-7-17/h1,3-11,13,15,19H,12,14H2. The first-order valence-electron chi connectivity index (χ1n) is 9.33. The molecular formula is C23H17N3O4. The fraction of sp³-hybridized carbons (Fsp3) is 0.130. The molecule has 0 N–H and O–H groups in total. The van der Waals surface area contributed by atoms with Gasteiger partial charge in [0.05, 0.1) is 0 Å². The Labute approximate surface area is 171 Å². The zero-order chi connectivity index (χ0) is 21.3. The average molecular weight is 399 g/mol. The number of hydrogen-bond donors (Lipinski definition) is 0. The molecule has 1 atom stereocenters. The minimum atomic E-state index is -0.834. The highest BCUT2D eigenvalue weighted by atomic mass is 16.2. The lowest BCUT2D eigenvalue weighted by Crippen LogP contribution is -2.45. The van der Waals surface area contributed by atoms with Crippen molar-refractivity contribution in [3.8, 4) is 12.3 Å². The third-order valence-electron chi connectivity index (χ3n) is 5.09. The molecule has 0 spiro atoms. The molecule has 2 heterocycles. The molecule has 1 fully saturated rings. The molecule has 1 aromatic heterocycles. The molecule has 0 saturated carbocycles. The van der Waals surface area contributed by atoms with Crippen molar-refractivity contribution in [3.63, 3.8) is 0 Å². The molecular weight excluding hydrogens is 382 g/mol. The van der Waals surface area contributed by atoms with Crippen LogP contribution in [0, 0.1) is 12.3 Å². The Kier molecular flexibility index (Phi) is 4.90. The van der Waals surface area contributed by atoms with Gasteiger partial charge in [0.1, 0.15) is 6.04 Å². The van der Waals surface area contributed by atoms with Gasteiger partial charge in [-0.15, -0.1) is 6.42 Å². The first-order valence-corrected chi connectivity index (χ1v) is 9.33. The fourth-order valence-electron chi connectivity index (χ4n) is 3.54. The lowest BCUT2D eigenvalue weighted by atomic mass is 10.2. The van der Waals surface area contributed by atoms with E-state index in [9.17, 15) is 19.2 Å². The monoisotopic (exact) mass is 399 g/mol. The smallest absolute Gasteiger partial charge is 0.311 e. The zero-order valence-electron chi connectivity index (χ0n) is 15.9. The molecule has 0 radical (unpaired) electrons. The van der Waals surface area contributed by atoms with E-state index in [0.29, 0.717) is 28.8 Å². The van der Waals surface area contributed by atoms with E-state index in [0.717, 1.165) is 10.6 Å². The van der Waals surface area contributed by atoms with Crippen molar-refractivity contribution in [2.45, 2.75) is 12.5 Å². The predicted octanol–water partition coefficient (Wildman–Crippen LogP) is 1.66. The number of benzene rings is 2. The SMILES string of the molecule is C#Cc1ccc(N2CCC(n3ccc(=O)n(C(=O)c4ccccc4)c3=O)C2=O)cc1. The van der Waals surface area contributed by atoms with E-state index >= 15 is 0 Å². The first-order chi connectivity index (χ1) is 14.5. The van der Waals surface area contributed by atoms with Crippen molar-refractivity contribution in [1.82, 2.24) is 9.13 Å². The van der Waals surface area contributed by atoms with E-state index in [2.05, 4.69) is 5.92 Å². The third kappa shape index (κ3) is 3.25. The lowest BCUT2D eigenvalue weighted by molar-refractivity contribution is -0.119. The van der Waals surface area contributed by atoms with Crippen LogP contribution in [0.4, 0.5) is 5.69 Å². The number of rotatable bonds is 3. The molecule has 148 valence electrons. The number of terminal acetylenes is 1. The summed E-state index contributed by atoms with van der Waals surface area (Å²) in [7, 11) is 0. The van der Waals surface area contributed by atoms with Crippen LogP contribution < -0.4 is 16.1 Å². The highest BCUT2D eigenvalue weighted by molar-refractivity contribution is 5.98. The van der Waals surface area contributed by atoms with Crippen molar-refractivity contribution in [2.75, 3.05) is 11.4 Å². The Morgan fingerprint density at radius 3 is 2.33 bits per heavy atom. The van der Waals surface area contributed by atoms with Crippen molar-refractivity contribution >= 4 is 17.5 Å². The largest absolute Gasteiger partial charge is 0.338 e. The van der Waals surface area contributed by atoms with Crippen LogP contribution in [0.5, 0.6) is 0 Å². The molecule has 1 saturated heterocycles. The molecule has 1 aliphatic rings. The molecule has 2 aromatic carbocycles. The van der Waals surface area contributed by atoms with Gasteiger partial charge in [-0.2, -0.15) is 4.57 Å². The summed E-state index contributed by atoms with van der Waals surface area (Å²) >= 11 is 0. The minimum Gasteiger partial charge on any atom is -0.311 e. The molecule has 7 nitrogen and oxygen atoms in total. The van der Waals surface area contributed by atoms with Gasteiger partial charge in [-0.3, -0.25) is 19.0 Å². The topological polar surface area (TPSA) is 81.4 Å². The van der Waals surface area contributed by atoms with Crippen molar-refractivity contribution in [2.24, 2.45) is 0 Å². The van der Waals surface area contributed by atoms with Gasteiger partial charge in [0.25, 0.3) is 11.5 Å². The number of hydrogen-bond acceptors (Lipinski definition) is 4. The maximum Gasteiger partial charge on any atom is 0.338 e. The zero-order valence-corrected chi connectivity index (χ0v) is 15.9. The summed E-state index contributed by atoms with van der Waals surface area (Å²) < 4.78 is 1.72. The van der Waals surface area contributed by atoms with Gasteiger partial charge < -0.3 is 4.90 Å². The maximum absolute atomic E-state index is 13.0. The first kappa shape index (κ1) is 19.2. The molecule has 0 bridgehead atoms.